The lowest BCUT2D eigenvalue weighted by Crippen LogP contribution is -1.86. The third kappa shape index (κ3) is 1.12. The molecule has 5 aromatic carbocycles. The van der Waals surface area contributed by atoms with Crippen LogP contribution in [0, 0.1) is 12.1 Å². The molecule has 0 atom stereocenters. The third-order valence-electron chi connectivity index (χ3n) is 4.23. The number of benzene rings is 5. The number of fused-ring (bicyclic) bond motifs is 2. The van der Waals surface area contributed by atoms with Crippen LogP contribution in [0.25, 0.3) is 43.1 Å². The topological polar surface area (TPSA) is 0 Å². The van der Waals surface area contributed by atoms with Gasteiger partial charge in [-0.1, -0.05) is 48.5 Å². The highest BCUT2D eigenvalue weighted by atomic mass is 14.1. The Bertz CT molecular complexity index is 917. The second-order valence-corrected chi connectivity index (χ2v) is 5.26. The van der Waals surface area contributed by atoms with Crippen molar-refractivity contribution in [3.63, 3.8) is 0 Å². The van der Waals surface area contributed by atoms with Crippen molar-refractivity contribution < 1.29 is 0 Å². The van der Waals surface area contributed by atoms with E-state index < -0.39 is 0 Å². The van der Waals surface area contributed by atoms with Gasteiger partial charge in [-0.15, -0.1) is 0 Å². The molecular formula is C20H10. The molecule has 0 aliphatic heterocycles. The van der Waals surface area contributed by atoms with Gasteiger partial charge in [0.05, 0.1) is 0 Å². The van der Waals surface area contributed by atoms with Crippen molar-refractivity contribution in [3.8, 4) is 0 Å². The maximum absolute atomic E-state index is 3.44. The largest absolute Gasteiger partial charge is 0.0610 e. The lowest BCUT2D eigenvalue weighted by Gasteiger charge is -2.13. The van der Waals surface area contributed by atoms with E-state index in [1.165, 1.54) is 43.1 Å². The lowest BCUT2D eigenvalue weighted by molar-refractivity contribution is 1.77. The Morgan fingerprint density at radius 3 is 2.45 bits per heavy atom. The highest BCUT2D eigenvalue weighted by Gasteiger charge is 2.11. The van der Waals surface area contributed by atoms with Crippen LogP contribution in [-0.4, -0.2) is 0 Å². The van der Waals surface area contributed by atoms with Crippen molar-refractivity contribution in [2.24, 2.45) is 0 Å². The molecule has 0 amide bonds. The quantitative estimate of drug-likeness (QED) is 0.257. The molecule has 0 heteroatoms. The fraction of sp³-hybridized carbons (Fsp3) is 0. The van der Waals surface area contributed by atoms with E-state index in [1.54, 1.807) is 0 Å². The number of hydrogen-bond acceptors (Lipinski definition) is 0. The number of rotatable bonds is 0. The summed E-state index contributed by atoms with van der Waals surface area (Å²) in [7, 11) is 0. The fourth-order valence-corrected chi connectivity index (χ4v) is 3.41. The monoisotopic (exact) mass is 250 g/mol. The molecule has 0 heterocycles. The smallest absolute Gasteiger partial charge is 0.00139 e. The van der Waals surface area contributed by atoms with E-state index in [0.29, 0.717) is 0 Å². The van der Waals surface area contributed by atoms with Gasteiger partial charge in [0.1, 0.15) is 0 Å². The molecular weight excluding hydrogens is 240 g/mol. The molecule has 0 saturated carbocycles. The molecule has 0 N–H and O–H groups in total. The molecule has 90 valence electrons. The minimum atomic E-state index is 1.22. The van der Waals surface area contributed by atoms with Gasteiger partial charge < -0.3 is 0 Å². The molecule has 0 aliphatic rings. The predicted octanol–water partition coefficient (Wildman–Crippen LogP) is 5.34. The van der Waals surface area contributed by atoms with Crippen molar-refractivity contribution >= 4 is 43.1 Å². The van der Waals surface area contributed by atoms with Gasteiger partial charge in [-0.2, -0.15) is 0 Å². The van der Waals surface area contributed by atoms with E-state index >= 15 is 0 Å². The Morgan fingerprint density at radius 1 is 0.650 bits per heavy atom. The minimum absolute atomic E-state index is 1.22. The summed E-state index contributed by atoms with van der Waals surface area (Å²) >= 11 is 0. The van der Waals surface area contributed by atoms with Crippen LogP contribution in [0.1, 0.15) is 0 Å². The van der Waals surface area contributed by atoms with E-state index in [-0.39, 0.29) is 0 Å². The van der Waals surface area contributed by atoms with Gasteiger partial charge in [-0.25, -0.2) is 0 Å². The maximum Gasteiger partial charge on any atom is -0.00139 e. The van der Waals surface area contributed by atoms with E-state index in [4.69, 9.17) is 0 Å². The zero-order valence-corrected chi connectivity index (χ0v) is 10.8. The first kappa shape index (κ1) is 10.2. The van der Waals surface area contributed by atoms with Crippen molar-refractivity contribution in [1.29, 1.82) is 0 Å². The molecule has 20 heavy (non-hydrogen) atoms. The molecule has 0 fully saturated rings. The summed E-state index contributed by atoms with van der Waals surface area (Å²) in [5.41, 5.74) is 0. The second-order valence-electron chi connectivity index (χ2n) is 5.26. The molecule has 0 nitrogen and oxygen atoms in total. The van der Waals surface area contributed by atoms with Crippen molar-refractivity contribution in [2.45, 2.75) is 0 Å². The van der Waals surface area contributed by atoms with Crippen LogP contribution in [0.15, 0.2) is 60.7 Å². The Kier molecular flexibility index (Phi) is 1.78. The zero-order valence-electron chi connectivity index (χ0n) is 10.8. The molecule has 0 aliphatic carbocycles. The summed E-state index contributed by atoms with van der Waals surface area (Å²) in [6, 6.07) is 28.1. The third-order valence-corrected chi connectivity index (χ3v) is 4.23. The normalized spacial score (nSPS) is 12.0. The summed E-state index contributed by atoms with van der Waals surface area (Å²) in [6.07, 6.45) is 0. The van der Waals surface area contributed by atoms with Crippen LogP contribution in [0.4, 0.5) is 0 Å². The van der Waals surface area contributed by atoms with Crippen LogP contribution in [0.5, 0.6) is 0 Å². The van der Waals surface area contributed by atoms with E-state index in [1.807, 2.05) is 6.07 Å². The van der Waals surface area contributed by atoms with Crippen LogP contribution >= 0.6 is 0 Å². The predicted molar refractivity (Wildman–Crippen MR) is 85.3 cm³/mol. The molecule has 0 unspecified atom stereocenters. The minimum Gasteiger partial charge on any atom is -0.0610 e. The van der Waals surface area contributed by atoms with Gasteiger partial charge in [0, 0.05) is 0 Å². The fourth-order valence-electron chi connectivity index (χ4n) is 3.41. The highest BCUT2D eigenvalue weighted by molar-refractivity contribution is 6.32. The average molecular weight is 250 g/mol. The van der Waals surface area contributed by atoms with E-state index in [9.17, 15) is 0 Å². The maximum atomic E-state index is 3.44. The summed E-state index contributed by atoms with van der Waals surface area (Å²) in [5.74, 6) is 0. The van der Waals surface area contributed by atoms with Gasteiger partial charge in [0.2, 0.25) is 0 Å². The molecule has 0 aromatic heterocycles. The zero-order chi connectivity index (χ0) is 13.1. The van der Waals surface area contributed by atoms with Gasteiger partial charge >= 0.3 is 0 Å². The molecule has 5 aromatic rings. The van der Waals surface area contributed by atoms with E-state index in [2.05, 4.69) is 66.7 Å². The first-order valence-corrected chi connectivity index (χ1v) is 6.80. The highest BCUT2D eigenvalue weighted by Crippen LogP contribution is 2.39. The SMILES string of the molecule is [c]1cc2cccc3c4[c]ccc5cccc(c(c1)c23)c54. The molecule has 0 spiro atoms. The average Bonchev–Trinajstić information content (AvgIpc) is 2.52. The molecule has 0 saturated heterocycles. The van der Waals surface area contributed by atoms with Crippen LogP contribution in [0.2, 0.25) is 0 Å². The first-order valence-electron chi connectivity index (χ1n) is 6.80. The second kappa shape index (κ2) is 3.49. The lowest BCUT2D eigenvalue weighted by atomic mass is 9.90. The van der Waals surface area contributed by atoms with Crippen LogP contribution < -0.4 is 0 Å². The number of hydrogen-bond donors (Lipinski definition) is 0. The molecule has 2 radical (unpaired) electrons. The summed E-state index contributed by atoms with van der Waals surface area (Å²) < 4.78 is 0. The summed E-state index contributed by atoms with van der Waals surface area (Å²) in [4.78, 5) is 0. The van der Waals surface area contributed by atoms with Gasteiger partial charge in [0.15, 0.2) is 0 Å². The molecule has 0 bridgehead atoms. The summed E-state index contributed by atoms with van der Waals surface area (Å²) in [6.45, 7) is 0. The Balaban J connectivity index is 2.32. The Labute approximate surface area is 116 Å². The standard InChI is InChI=1S/C20H10/c1-5-13-6-2-11-17-18-12-4-8-14-7-3-10-16(20(14)18)15(9-1)19(13)17/h1-3,5-8,10-12H. The van der Waals surface area contributed by atoms with Crippen molar-refractivity contribution in [2.75, 3.05) is 0 Å². The van der Waals surface area contributed by atoms with Crippen LogP contribution in [-0.2, 0) is 0 Å². The molecule has 5 rings (SSSR count). The van der Waals surface area contributed by atoms with Gasteiger partial charge in [-0.3, -0.25) is 0 Å². The Hall–Kier alpha value is -2.60. The first-order chi connectivity index (χ1) is 9.93. The van der Waals surface area contributed by atoms with E-state index in [0.717, 1.165) is 0 Å². The summed E-state index contributed by atoms with van der Waals surface area (Å²) in [5, 5.41) is 10.3. The van der Waals surface area contributed by atoms with Crippen molar-refractivity contribution in [1.82, 2.24) is 0 Å². The van der Waals surface area contributed by atoms with Crippen LogP contribution in [0.3, 0.4) is 0 Å². The Morgan fingerprint density at radius 2 is 1.50 bits per heavy atom. The van der Waals surface area contributed by atoms with Gasteiger partial charge in [0.25, 0.3) is 0 Å². The van der Waals surface area contributed by atoms with Gasteiger partial charge in [-0.05, 0) is 67.4 Å². The van der Waals surface area contributed by atoms with Crippen molar-refractivity contribution in [3.05, 3.63) is 72.8 Å².